The zero-order chi connectivity index (χ0) is 29.0. The highest BCUT2D eigenvalue weighted by Gasteiger charge is 2.42. The van der Waals surface area contributed by atoms with Crippen molar-refractivity contribution in [3.8, 4) is 11.5 Å². The van der Waals surface area contributed by atoms with Gasteiger partial charge in [0.15, 0.2) is 0 Å². The molecule has 2 atom stereocenters. The topological polar surface area (TPSA) is 86.6 Å². The molecule has 39 heavy (non-hydrogen) atoms. The molecule has 0 radical (unpaired) electrons. The van der Waals surface area contributed by atoms with Crippen LogP contribution < -0.4 is 0 Å². The van der Waals surface area contributed by atoms with Gasteiger partial charge >= 0.3 is 0 Å². The molecule has 2 heterocycles. The lowest BCUT2D eigenvalue weighted by Crippen LogP contribution is -2.40. The van der Waals surface area contributed by atoms with E-state index in [4.69, 9.17) is 9.47 Å². The Hall–Kier alpha value is -2.80. The molecule has 212 valence electrons. The minimum atomic E-state index is -1.76. The number of nitrogens with zero attached hydrogens (tertiary/aromatic N) is 4. The molecule has 3 rings (SSSR count). The molecule has 2 aromatic rings. The van der Waals surface area contributed by atoms with Gasteiger partial charge in [-0.2, -0.15) is 0 Å². The lowest BCUT2D eigenvalue weighted by molar-refractivity contribution is -0.0323. The van der Waals surface area contributed by atoms with Gasteiger partial charge < -0.3 is 9.47 Å². The summed E-state index contributed by atoms with van der Waals surface area (Å²) in [7, 11) is -1.76. The molecule has 2 amide bonds. The van der Waals surface area contributed by atoms with E-state index in [1.807, 2.05) is 41.5 Å². The molecule has 0 N–H and O–H groups in total. The molecule has 1 unspecified atom stereocenters. The monoisotopic (exact) mass is 552 g/mol. The molecule has 9 heteroatoms. The van der Waals surface area contributed by atoms with Crippen molar-refractivity contribution in [3.63, 3.8) is 0 Å². The second-order valence-corrected chi connectivity index (χ2v) is 17.0. The summed E-state index contributed by atoms with van der Waals surface area (Å²) < 4.78 is 14.1. The van der Waals surface area contributed by atoms with Gasteiger partial charge in [-0.05, 0) is 71.8 Å². The number of amides is 2. The van der Waals surface area contributed by atoms with Gasteiger partial charge in [0.05, 0.1) is 47.4 Å². The van der Waals surface area contributed by atoms with Crippen LogP contribution in [0.3, 0.4) is 0 Å². The number of hydrogen-bond acceptors (Lipinski definition) is 6. The van der Waals surface area contributed by atoms with Crippen molar-refractivity contribution in [3.05, 3.63) is 47.3 Å². The number of imide groups is 1. The van der Waals surface area contributed by atoms with Crippen molar-refractivity contribution in [1.82, 2.24) is 19.9 Å². The number of ether oxygens (including phenoxy) is 2. The second kappa shape index (κ2) is 12.2. The molecule has 0 spiro atoms. The summed E-state index contributed by atoms with van der Waals surface area (Å²) in [5, 5.41) is 8.65. The van der Waals surface area contributed by atoms with E-state index in [0.29, 0.717) is 23.4 Å². The third kappa shape index (κ3) is 7.24. The van der Waals surface area contributed by atoms with Crippen molar-refractivity contribution in [2.45, 2.75) is 104 Å². The van der Waals surface area contributed by atoms with Gasteiger partial charge in [0, 0.05) is 0 Å². The van der Waals surface area contributed by atoms with Crippen LogP contribution in [0.5, 0.6) is 0 Å². The predicted molar refractivity (Wildman–Crippen MR) is 155 cm³/mol. The summed E-state index contributed by atoms with van der Waals surface area (Å²) in [5.41, 5.74) is 4.16. The van der Waals surface area contributed by atoms with Crippen LogP contribution in [0.4, 0.5) is 0 Å². The summed E-state index contributed by atoms with van der Waals surface area (Å²) in [4.78, 5) is 28.3. The van der Waals surface area contributed by atoms with Crippen molar-refractivity contribution in [2.75, 3.05) is 13.2 Å². The Balaban J connectivity index is 2.11. The van der Waals surface area contributed by atoms with Crippen LogP contribution in [0.2, 0.25) is 18.1 Å². The van der Waals surface area contributed by atoms with Crippen molar-refractivity contribution in [2.24, 2.45) is 0 Å². The van der Waals surface area contributed by atoms with E-state index in [1.165, 1.54) is 4.90 Å². The third-order valence-electron chi connectivity index (χ3n) is 7.26. The Labute approximate surface area is 234 Å². The fourth-order valence-corrected chi connectivity index (χ4v) is 7.10. The first-order chi connectivity index (χ1) is 18.3. The van der Waals surface area contributed by atoms with Crippen LogP contribution in [0.15, 0.2) is 30.5 Å². The molecule has 1 aromatic heterocycles. The normalized spacial score (nSPS) is 15.7. The average molecular weight is 553 g/mol. The molecule has 0 saturated heterocycles. The summed E-state index contributed by atoms with van der Waals surface area (Å²) in [6.07, 6.45) is 1.61. The number of fused-ring (bicyclic) bond motifs is 1. The summed E-state index contributed by atoms with van der Waals surface area (Å²) in [6.45, 7) is 18.9. The number of rotatable bonds is 10. The maximum atomic E-state index is 13.5. The summed E-state index contributed by atoms with van der Waals surface area (Å²) in [6, 6.07) is 8.93. The van der Waals surface area contributed by atoms with Crippen LogP contribution in [0.1, 0.15) is 101 Å². The summed E-state index contributed by atoms with van der Waals surface area (Å²) in [5.74, 6) is 2.80. The molecule has 0 bridgehead atoms. The average Bonchev–Trinajstić information content (AvgIpc) is 3.45. The fourth-order valence-electron chi connectivity index (χ4n) is 4.60. The third-order valence-corrected chi connectivity index (χ3v) is 12.0. The minimum absolute atomic E-state index is 0.0974. The van der Waals surface area contributed by atoms with Crippen LogP contribution in [-0.4, -0.2) is 64.2 Å². The highest BCUT2D eigenvalue weighted by molar-refractivity contribution is 6.87. The van der Waals surface area contributed by atoms with Gasteiger partial charge in [-0.3, -0.25) is 14.5 Å². The van der Waals surface area contributed by atoms with Crippen molar-refractivity contribution >= 4 is 19.9 Å². The van der Waals surface area contributed by atoms with E-state index >= 15 is 0 Å². The van der Waals surface area contributed by atoms with E-state index in [2.05, 4.69) is 42.5 Å². The maximum Gasteiger partial charge on any atom is 0.262 e. The number of carbonyl (C=O) groups excluding carboxylic acids is 2. The van der Waals surface area contributed by atoms with Crippen LogP contribution in [0, 0.1) is 11.5 Å². The standard InChI is InChI=1S/C30H44N4O4Si/c1-10-39(11-2,12-3)18-17-22(20-37-29(4,5)6)34-25(19-31-32-34)26(21-38-30(7,8)9)33-27(35)23-15-13-14-16-24(23)28(33)36/h13-16,19,22,26H,10-12,20-21H2,1-9H3/t22-,26?/m0/s1. The lowest BCUT2D eigenvalue weighted by atomic mass is 10.1. The van der Waals surface area contributed by atoms with Crippen LogP contribution >= 0.6 is 0 Å². The van der Waals surface area contributed by atoms with Gasteiger partial charge in [-0.1, -0.05) is 44.0 Å². The maximum absolute atomic E-state index is 13.5. The number of hydrogen-bond donors (Lipinski definition) is 0. The summed E-state index contributed by atoms with van der Waals surface area (Å²) >= 11 is 0. The lowest BCUT2D eigenvalue weighted by Gasteiger charge is -2.31. The molecule has 1 aromatic carbocycles. The molecule has 0 aliphatic carbocycles. The fraction of sp³-hybridized carbons (Fsp3) is 0.600. The molecule has 8 nitrogen and oxygen atoms in total. The SMILES string of the molecule is CC[Si](C#C[C@@H](COC(C)(C)C)n1nncc1C(COC(C)(C)C)N1C(=O)c2ccccc2C1=O)(CC)CC. The number of carbonyl (C=O) groups is 2. The first-order valence-electron chi connectivity index (χ1n) is 13.9. The zero-order valence-electron chi connectivity index (χ0n) is 25.0. The molecular formula is C30H44N4O4Si. The Kier molecular flexibility index (Phi) is 9.58. The Bertz CT molecular complexity index is 1180. The van der Waals surface area contributed by atoms with Gasteiger partial charge in [-0.25, -0.2) is 4.68 Å². The van der Waals surface area contributed by atoms with Crippen molar-refractivity contribution < 1.29 is 19.1 Å². The van der Waals surface area contributed by atoms with E-state index in [9.17, 15) is 9.59 Å². The largest absolute Gasteiger partial charge is 0.373 e. The smallest absolute Gasteiger partial charge is 0.262 e. The highest BCUT2D eigenvalue weighted by Crippen LogP contribution is 2.33. The molecule has 0 saturated carbocycles. The predicted octanol–water partition coefficient (Wildman–Crippen LogP) is 5.84. The quantitative estimate of drug-likeness (QED) is 0.209. The van der Waals surface area contributed by atoms with Crippen LogP contribution in [-0.2, 0) is 9.47 Å². The number of benzene rings is 1. The second-order valence-electron chi connectivity index (χ2n) is 12.1. The first-order valence-corrected chi connectivity index (χ1v) is 16.6. The zero-order valence-corrected chi connectivity index (χ0v) is 26.0. The van der Waals surface area contributed by atoms with Gasteiger partial charge in [-0.15, -0.1) is 10.6 Å². The molecule has 1 aliphatic heterocycles. The van der Waals surface area contributed by atoms with Crippen molar-refractivity contribution in [1.29, 1.82) is 0 Å². The van der Waals surface area contributed by atoms with E-state index in [0.717, 1.165) is 18.1 Å². The Morgan fingerprint density at radius 3 is 1.87 bits per heavy atom. The number of aromatic nitrogens is 3. The molecule has 1 aliphatic rings. The van der Waals surface area contributed by atoms with E-state index in [-0.39, 0.29) is 24.0 Å². The van der Waals surface area contributed by atoms with E-state index in [1.54, 1.807) is 35.1 Å². The van der Waals surface area contributed by atoms with Gasteiger partial charge in [0.2, 0.25) is 0 Å². The highest BCUT2D eigenvalue weighted by atomic mass is 28.3. The van der Waals surface area contributed by atoms with Gasteiger partial charge in [0.25, 0.3) is 11.8 Å². The minimum Gasteiger partial charge on any atom is -0.373 e. The van der Waals surface area contributed by atoms with E-state index < -0.39 is 25.8 Å². The Morgan fingerprint density at radius 2 is 1.38 bits per heavy atom. The molecular weight excluding hydrogens is 508 g/mol. The Morgan fingerprint density at radius 1 is 0.872 bits per heavy atom. The van der Waals surface area contributed by atoms with Crippen LogP contribution in [0.25, 0.3) is 0 Å². The molecule has 0 fully saturated rings. The van der Waals surface area contributed by atoms with Gasteiger partial charge in [0.1, 0.15) is 20.2 Å². The first kappa shape index (κ1) is 30.7.